The van der Waals surface area contributed by atoms with E-state index >= 15 is 0 Å². The lowest BCUT2D eigenvalue weighted by Gasteiger charge is -2.24. The Balaban J connectivity index is 1.88. The zero-order valence-corrected chi connectivity index (χ0v) is 20.1. The molecule has 0 saturated heterocycles. The summed E-state index contributed by atoms with van der Waals surface area (Å²) in [5.74, 6) is -0.842. The normalized spacial score (nSPS) is 14.4. The van der Waals surface area contributed by atoms with Gasteiger partial charge in [0, 0.05) is 11.5 Å². The largest absolute Gasteiger partial charge is 0.474 e. The first-order chi connectivity index (χ1) is 16.1. The Morgan fingerprint density at radius 2 is 1.91 bits per heavy atom. The van der Waals surface area contributed by atoms with Crippen molar-refractivity contribution in [2.75, 3.05) is 0 Å². The van der Waals surface area contributed by atoms with E-state index in [0.29, 0.717) is 5.92 Å². The minimum absolute atomic E-state index is 0.00432. The Bertz CT molecular complexity index is 1180. The fourth-order valence-corrected chi connectivity index (χ4v) is 3.77. The van der Waals surface area contributed by atoms with Gasteiger partial charge >= 0.3 is 0 Å². The molecule has 0 spiro atoms. The van der Waals surface area contributed by atoms with Crippen LogP contribution in [-0.2, 0) is 5.41 Å². The van der Waals surface area contributed by atoms with Crippen LogP contribution in [0.15, 0.2) is 46.2 Å². The van der Waals surface area contributed by atoms with E-state index in [-0.39, 0.29) is 41.0 Å². The lowest BCUT2D eigenvalue weighted by Crippen LogP contribution is -2.25. The van der Waals surface area contributed by atoms with Crippen LogP contribution in [0.3, 0.4) is 0 Å². The summed E-state index contributed by atoms with van der Waals surface area (Å²) in [5, 5.41) is 3.89. The number of nitrogens with one attached hydrogen (secondary N) is 1. The molecule has 2 heterocycles. The lowest BCUT2D eigenvalue weighted by molar-refractivity contribution is 0.152. The minimum atomic E-state index is -1.24. The summed E-state index contributed by atoms with van der Waals surface area (Å²) in [5.41, 5.74) is -1.90. The standard InChI is InChI=1S/C25H30F2N4O3/c1-7-14(3)12-16(8-2)15(4)33-20-13-19(32)28-22(29-20)23-30-24(31-34-23)25(5,6)21-17(26)10-9-11-18(21)27/h8-11,13-16H,2,7,12H2,1,3-6H3,(H,28,29,32)/t14-,15-,16-/m0/s1. The molecule has 0 amide bonds. The number of H-pyrrole nitrogens is 1. The van der Waals surface area contributed by atoms with Crippen LogP contribution >= 0.6 is 0 Å². The van der Waals surface area contributed by atoms with Crippen LogP contribution in [0.25, 0.3) is 11.7 Å². The highest BCUT2D eigenvalue weighted by Gasteiger charge is 2.35. The smallest absolute Gasteiger partial charge is 0.293 e. The van der Waals surface area contributed by atoms with Gasteiger partial charge in [0.25, 0.3) is 11.4 Å². The molecular weight excluding hydrogens is 442 g/mol. The Hall–Kier alpha value is -3.36. The van der Waals surface area contributed by atoms with Gasteiger partial charge in [0.1, 0.15) is 17.7 Å². The van der Waals surface area contributed by atoms with E-state index in [9.17, 15) is 13.6 Å². The van der Waals surface area contributed by atoms with Gasteiger partial charge in [-0.25, -0.2) is 8.78 Å². The first-order valence-electron chi connectivity index (χ1n) is 11.3. The van der Waals surface area contributed by atoms with Gasteiger partial charge < -0.3 is 14.2 Å². The van der Waals surface area contributed by atoms with Gasteiger partial charge in [0.2, 0.25) is 11.7 Å². The van der Waals surface area contributed by atoms with Gasteiger partial charge in [-0.3, -0.25) is 4.79 Å². The molecule has 1 aromatic carbocycles. The maximum atomic E-state index is 14.4. The highest BCUT2D eigenvalue weighted by Crippen LogP contribution is 2.34. The van der Waals surface area contributed by atoms with Crippen molar-refractivity contribution in [3.05, 3.63) is 70.3 Å². The molecule has 0 bridgehead atoms. The molecule has 9 heteroatoms. The molecule has 3 aromatic rings. The fourth-order valence-electron chi connectivity index (χ4n) is 3.77. The third-order valence-corrected chi connectivity index (χ3v) is 6.08. The van der Waals surface area contributed by atoms with E-state index in [0.717, 1.165) is 12.8 Å². The van der Waals surface area contributed by atoms with Crippen molar-refractivity contribution in [2.45, 2.75) is 59.0 Å². The van der Waals surface area contributed by atoms with Crippen molar-refractivity contribution in [3.8, 4) is 17.6 Å². The van der Waals surface area contributed by atoms with E-state index in [2.05, 4.69) is 40.5 Å². The SMILES string of the molecule is C=C[C@@H](C[C@@H](C)CC)[C@H](C)Oc1cc(=O)[nH]c(-c2nc(C(C)(C)c3c(F)cccc3F)no2)n1. The van der Waals surface area contributed by atoms with Crippen molar-refractivity contribution in [1.82, 2.24) is 20.1 Å². The number of ether oxygens (including phenoxy) is 1. The topological polar surface area (TPSA) is 93.9 Å². The average Bonchev–Trinajstić information content (AvgIpc) is 3.28. The van der Waals surface area contributed by atoms with Crippen LogP contribution in [0.5, 0.6) is 5.88 Å². The van der Waals surface area contributed by atoms with E-state index in [1.54, 1.807) is 13.8 Å². The van der Waals surface area contributed by atoms with Crippen molar-refractivity contribution in [3.63, 3.8) is 0 Å². The number of aromatic amines is 1. The van der Waals surface area contributed by atoms with Crippen LogP contribution in [0, 0.1) is 23.5 Å². The molecule has 2 aromatic heterocycles. The van der Waals surface area contributed by atoms with Gasteiger partial charge in [-0.05, 0) is 45.2 Å². The number of benzene rings is 1. The van der Waals surface area contributed by atoms with Crippen molar-refractivity contribution >= 4 is 0 Å². The summed E-state index contributed by atoms with van der Waals surface area (Å²) in [4.78, 5) is 23.4. The molecule has 182 valence electrons. The Morgan fingerprint density at radius 1 is 1.24 bits per heavy atom. The van der Waals surface area contributed by atoms with Crippen LogP contribution < -0.4 is 10.3 Å². The third kappa shape index (κ3) is 5.40. The zero-order valence-electron chi connectivity index (χ0n) is 20.1. The maximum absolute atomic E-state index is 14.4. The first kappa shape index (κ1) is 25.3. The molecular formula is C25H30F2N4O3. The number of aromatic nitrogens is 4. The maximum Gasteiger partial charge on any atom is 0.293 e. The molecule has 0 aliphatic rings. The van der Waals surface area contributed by atoms with Crippen LogP contribution in [0.1, 0.15) is 58.8 Å². The van der Waals surface area contributed by atoms with Crippen molar-refractivity contribution in [1.29, 1.82) is 0 Å². The molecule has 1 N–H and O–H groups in total. The first-order valence-corrected chi connectivity index (χ1v) is 11.3. The summed E-state index contributed by atoms with van der Waals surface area (Å²) in [6.07, 6.45) is 3.51. The molecule has 0 saturated carbocycles. The van der Waals surface area contributed by atoms with Crippen LogP contribution in [-0.4, -0.2) is 26.2 Å². The van der Waals surface area contributed by atoms with E-state index in [1.165, 1.54) is 24.3 Å². The lowest BCUT2D eigenvalue weighted by atomic mass is 9.83. The molecule has 34 heavy (non-hydrogen) atoms. The summed E-state index contributed by atoms with van der Waals surface area (Å²) in [6, 6.07) is 4.85. The van der Waals surface area contributed by atoms with Gasteiger partial charge in [-0.1, -0.05) is 37.6 Å². The molecule has 7 nitrogen and oxygen atoms in total. The second kappa shape index (κ2) is 10.3. The van der Waals surface area contributed by atoms with Gasteiger partial charge in [0.05, 0.1) is 11.5 Å². The second-order valence-corrected chi connectivity index (χ2v) is 9.05. The summed E-state index contributed by atoms with van der Waals surface area (Å²) in [6.45, 7) is 13.2. The van der Waals surface area contributed by atoms with E-state index < -0.39 is 22.6 Å². The number of hydrogen-bond acceptors (Lipinski definition) is 6. The van der Waals surface area contributed by atoms with E-state index in [1.807, 2.05) is 13.0 Å². The number of halogens is 2. The summed E-state index contributed by atoms with van der Waals surface area (Å²) >= 11 is 0. The number of nitrogens with zero attached hydrogens (tertiary/aromatic N) is 3. The van der Waals surface area contributed by atoms with E-state index in [4.69, 9.17) is 9.26 Å². The zero-order chi connectivity index (χ0) is 25.0. The monoisotopic (exact) mass is 472 g/mol. The molecule has 0 fully saturated rings. The van der Waals surface area contributed by atoms with Gasteiger partial charge in [0.15, 0.2) is 5.82 Å². The molecule has 0 radical (unpaired) electrons. The average molecular weight is 473 g/mol. The van der Waals surface area contributed by atoms with Gasteiger partial charge in [-0.15, -0.1) is 6.58 Å². The highest BCUT2D eigenvalue weighted by atomic mass is 19.1. The highest BCUT2D eigenvalue weighted by molar-refractivity contribution is 5.42. The van der Waals surface area contributed by atoms with Gasteiger partial charge in [-0.2, -0.15) is 9.97 Å². The molecule has 3 rings (SSSR count). The van der Waals surface area contributed by atoms with Crippen LogP contribution in [0.4, 0.5) is 8.78 Å². The number of rotatable bonds is 10. The Labute approximate surface area is 197 Å². The van der Waals surface area contributed by atoms with Crippen LogP contribution in [0.2, 0.25) is 0 Å². The third-order valence-electron chi connectivity index (χ3n) is 6.08. The van der Waals surface area contributed by atoms with Crippen molar-refractivity contribution < 1.29 is 18.0 Å². The quantitative estimate of drug-likeness (QED) is 0.396. The summed E-state index contributed by atoms with van der Waals surface area (Å²) < 4.78 is 40.0. The molecule has 0 aliphatic carbocycles. The second-order valence-electron chi connectivity index (χ2n) is 9.05. The molecule has 0 unspecified atom stereocenters. The number of hydrogen-bond donors (Lipinski definition) is 1. The predicted octanol–water partition coefficient (Wildman–Crippen LogP) is 5.43. The Kier molecular flexibility index (Phi) is 7.64. The summed E-state index contributed by atoms with van der Waals surface area (Å²) in [7, 11) is 0. The Morgan fingerprint density at radius 3 is 2.53 bits per heavy atom. The fraction of sp³-hybridized carbons (Fsp3) is 0.440. The minimum Gasteiger partial charge on any atom is -0.474 e. The van der Waals surface area contributed by atoms with Crippen molar-refractivity contribution in [2.24, 2.45) is 11.8 Å². The predicted molar refractivity (Wildman–Crippen MR) is 124 cm³/mol. The molecule has 0 aliphatic heterocycles. The molecule has 3 atom stereocenters.